The second-order valence-electron chi connectivity index (χ2n) is 4.48. The molecule has 1 unspecified atom stereocenters. The molecular formula is C13H13BrClN3O2S. The predicted octanol–water partition coefficient (Wildman–Crippen LogP) is 3.32. The Hall–Kier alpha value is -1.15. The van der Waals surface area contributed by atoms with Crippen LogP contribution in [0, 0.1) is 0 Å². The van der Waals surface area contributed by atoms with E-state index < -0.39 is 10.0 Å². The molecule has 1 aromatic heterocycles. The summed E-state index contributed by atoms with van der Waals surface area (Å²) in [6.07, 6.45) is 1.60. The van der Waals surface area contributed by atoms with Crippen LogP contribution in [-0.2, 0) is 10.0 Å². The third-order valence-corrected chi connectivity index (χ3v) is 4.91. The van der Waals surface area contributed by atoms with E-state index in [-0.39, 0.29) is 10.9 Å². The lowest BCUT2D eigenvalue weighted by atomic mass is 10.1. The van der Waals surface area contributed by atoms with Crippen molar-refractivity contribution < 1.29 is 8.42 Å². The predicted molar refractivity (Wildman–Crippen MR) is 86.8 cm³/mol. The first-order valence-electron chi connectivity index (χ1n) is 5.98. The van der Waals surface area contributed by atoms with E-state index in [0.29, 0.717) is 9.63 Å². The van der Waals surface area contributed by atoms with Gasteiger partial charge in [-0.3, -0.25) is 0 Å². The number of hydrogen-bond acceptors (Lipinski definition) is 4. The lowest BCUT2D eigenvalue weighted by molar-refractivity contribution is 0.597. The highest BCUT2D eigenvalue weighted by Gasteiger charge is 2.12. The Morgan fingerprint density at radius 1 is 1.38 bits per heavy atom. The molecule has 1 heterocycles. The average molecular weight is 391 g/mol. The molecule has 21 heavy (non-hydrogen) atoms. The third kappa shape index (κ3) is 4.16. The molecule has 0 amide bonds. The molecule has 0 aliphatic heterocycles. The van der Waals surface area contributed by atoms with Crippen molar-refractivity contribution in [3.05, 3.63) is 51.7 Å². The Bertz CT molecular complexity index is 768. The number of halogens is 2. The highest BCUT2D eigenvalue weighted by atomic mass is 79.9. The van der Waals surface area contributed by atoms with Gasteiger partial charge < -0.3 is 5.32 Å². The maximum absolute atomic E-state index is 11.4. The van der Waals surface area contributed by atoms with E-state index in [2.05, 4.69) is 26.2 Å². The monoisotopic (exact) mass is 389 g/mol. The quantitative estimate of drug-likeness (QED) is 0.784. The lowest BCUT2D eigenvalue weighted by Gasteiger charge is -2.16. The fraction of sp³-hybridized carbons (Fsp3) is 0.154. The summed E-state index contributed by atoms with van der Waals surface area (Å²) >= 11 is 9.14. The number of sulfonamides is 1. The Morgan fingerprint density at radius 3 is 2.71 bits per heavy atom. The number of nitrogens with two attached hydrogens (primary N) is 1. The van der Waals surface area contributed by atoms with E-state index >= 15 is 0 Å². The Balaban J connectivity index is 2.24. The summed E-state index contributed by atoms with van der Waals surface area (Å²) in [5.74, 6) is 0. The third-order valence-electron chi connectivity index (χ3n) is 2.87. The van der Waals surface area contributed by atoms with Crippen molar-refractivity contribution in [1.29, 1.82) is 0 Å². The van der Waals surface area contributed by atoms with Crippen LogP contribution in [0.4, 0.5) is 5.69 Å². The van der Waals surface area contributed by atoms with Crippen LogP contribution in [0.25, 0.3) is 0 Å². The van der Waals surface area contributed by atoms with Crippen LogP contribution in [0.1, 0.15) is 18.5 Å². The minimum atomic E-state index is -3.71. The molecule has 0 aliphatic rings. The van der Waals surface area contributed by atoms with E-state index in [1.54, 1.807) is 24.4 Å². The van der Waals surface area contributed by atoms with E-state index in [9.17, 15) is 8.42 Å². The van der Waals surface area contributed by atoms with Crippen LogP contribution < -0.4 is 10.5 Å². The topological polar surface area (TPSA) is 85.1 Å². The minimum Gasteiger partial charge on any atom is -0.377 e. The largest absolute Gasteiger partial charge is 0.377 e. The van der Waals surface area contributed by atoms with Crippen LogP contribution in [-0.4, -0.2) is 13.4 Å². The minimum absolute atomic E-state index is 0.0871. The van der Waals surface area contributed by atoms with Gasteiger partial charge in [-0.25, -0.2) is 18.5 Å². The number of aromatic nitrogens is 1. The van der Waals surface area contributed by atoms with Gasteiger partial charge in [0.25, 0.3) is 0 Å². The van der Waals surface area contributed by atoms with Gasteiger partial charge >= 0.3 is 0 Å². The van der Waals surface area contributed by atoms with Crippen LogP contribution in [0.5, 0.6) is 0 Å². The van der Waals surface area contributed by atoms with Crippen molar-refractivity contribution >= 4 is 43.2 Å². The summed E-state index contributed by atoms with van der Waals surface area (Å²) < 4.78 is 23.4. The summed E-state index contributed by atoms with van der Waals surface area (Å²) in [4.78, 5) is 4.11. The van der Waals surface area contributed by atoms with Crippen LogP contribution >= 0.6 is 27.5 Å². The number of primary sulfonamides is 1. The van der Waals surface area contributed by atoms with E-state index in [1.165, 1.54) is 6.07 Å². The van der Waals surface area contributed by atoms with Gasteiger partial charge in [-0.2, -0.15) is 0 Å². The number of hydrogen-bond donors (Lipinski definition) is 2. The second kappa shape index (κ2) is 6.31. The number of pyridine rings is 1. The zero-order valence-corrected chi connectivity index (χ0v) is 14.2. The van der Waals surface area contributed by atoms with Gasteiger partial charge in [-0.15, -0.1) is 0 Å². The Kier molecular flexibility index (Phi) is 4.88. The molecule has 0 radical (unpaired) electrons. The van der Waals surface area contributed by atoms with Crippen molar-refractivity contribution in [2.45, 2.75) is 17.9 Å². The second-order valence-corrected chi connectivity index (χ2v) is 7.25. The van der Waals surface area contributed by atoms with Crippen LogP contribution in [0.2, 0.25) is 5.15 Å². The molecule has 1 aromatic carbocycles. The highest BCUT2D eigenvalue weighted by Crippen LogP contribution is 2.26. The van der Waals surface area contributed by atoms with Crippen molar-refractivity contribution in [2.24, 2.45) is 5.14 Å². The number of benzene rings is 1. The molecule has 112 valence electrons. The zero-order chi connectivity index (χ0) is 15.6. The van der Waals surface area contributed by atoms with Gasteiger partial charge in [-0.05, 0) is 46.6 Å². The molecule has 0 spiro atoms. The van der Waals surface area contributed by atoms with E-state index in [1.807, 2.05) is 13.0 Å². The number of anilines is 1. The maximum atomic E-state index is 11.4. The van der Waals surface area contributed by atoms with Gasteiger partial charge in [-0.1, -0.05) is 23.7 Å². The number of rotatable bonds is 4. The van der Waals surface area contributed by atoms with Crippen LogP contribution in [0.3, 0.4) is 0 Å². The number of nitrogens with zero attached hydrogens (tertiary/aromatic N) is 1. The highest BCUT2D eigenvalue weighted by molar-refractivity contribution is 9.10. The van der Waals surface area contributed by atoms with Crippen molar-refractivity contribution in [2.75, 3.05) is 5.32 Å². The molecule has 0 bridgehead atoms. The zero-order valence-electron chi connectivity index (χ0n) is 11.0. The summed E-state index contributed by atoms with van der Waals surface area (Å²) in [6.45, 7) is 1.91. The normalized spacial score (nSPS) is 13.0. The summed E-state index contributed by atoms with van der Waals surface area (Å²) in [5.41, 5.74) is 1.56. The molecular weight excluding hydrogens is 378 g/mol. The number of nitrogens with one attached hydrogen (secondary N) is 1. The first-order valence-corrected chi connectivity index (χ1v) is 8.69. The maximum Gasteiger partial charge on any atom is 0.238 e. The van der Waals surface area contributed by atoms with Gasteiger partial charge in [0, 0.05) is 6.04 Å². The van der Waals surface area contributed by atoms with Crippen molar-refractivity contribution in [3.63, 3.8) is 0 Å². The molecule has 3 N–H and O–H groups in total. The summed E-state index contributed by atoms with van der Waals surface area (Å²) in [7, 11) is -3.71. The van der Waals surface area contributed by atoms with Gasteiger partial charge in [0.2, 0.25) is 10.0 Å². The van der Waals surface area contributed by atoms with Crippen molar-refractivity contribution in [1.82, 2.24) is 4.98 Å². The van der Waals surface area contributed by atoms with E-state index in [0.717, 1.165) is 11.3 Å². The smallest absolute Gasteiger partial charge is 0.238 e. The standard InChI is InChI=1S/C13H13BrClN3O2S/c1-8(18-10-6-12(14)13(15)17-7-10)9-3-2-4-11(5-9)21(16,19)20/h2-8,18H,1H3,(H2,16,19,20). The Labute approximate surface area is 136 Å². The first-order chi connectivity index (χ1) is 9.77. The summed E-state index contributed by atoms with van der Waals surface area (Å²) in [6, 6.07) is 8.17. The molecule has 0 fully saturated rings. The molecule has 2 aromatic rings. The van der Waals surface area contributed by atoms with E-state index in [4.69, 9.17) is 16.7 Å². The summed E-state index contributed by atoms with van der Waals surface area (Å²) in [5, 5.41) is 8.73. The van der Waals surface area contributed by atoms with Crippen LogP contribution in [0.15, 0.2) is 45.9 Å². The first kappa shape index (κ1) is 16.2. The molecule has 0 aliphatic carbocycles. The van der Waals surface area contributed by atoms with Gasteiger partial charge in [0.15, 0.2) is 0 Å². The van der Waals surface area contributed by atoms with Crippen molar-refractivity contribution in [3.8, 4) is 0 Å². The SMILES string of the molecule is CC(Nc1cnc(Cl)c(Br)c1)c1cccc(S(N)(=O)=O)c1. The fourth-order valence-corrected chi connectivity index (χ4v) is 2.82. The fourth-order valence-electron chi connectivity index (χ4n) is 1.79. The molecule has 1 atom stereocenters. The molecule has 5 nitrogen and oxygen atoms in total. The van der Waals surface area contributed by atoms with Gasteiger partial charge in [0.05, 0.1) is 21.3 Å². The average Bonchev–Trinajstić information content (AvgIpc) is 2.42. The van der Waals surface area contributed by atoms with Gasteiger partial charge in [0.1, 0.15) is 5.15 Å². The molecule has 0 saturated carbocycles. The molecule has 0 saturated heterocycles. The Morgan fingerprint density at radius 2 is 2.10 bits per heavy atom. The molecule has 8 heteroatoms. The lowest BCUT2D eigenvalue weighted by Crippen LogP contribution is -2.13. The molecule has 2 rings (SSSR count).